The van der Waals surface area contributed by atoms with E-state index >= 15 is 0 Å². The minimum absolute atomic E-state index is 0.0667. The predicted octanol–water partition coefficient (Wildman–Crippen LogP) is -0.473. The van der Waals surface area contributed by atoms with Gasteiger partial charge in [-0.05, 0) is 12.8 Å². The summed E-state index contributed by atoms with van der Waals surface area (Å²) < 4.78 is 0. The average molecular weight is 266 g/mol. The van der Waals surface area contributed by atoms with Gasteiger partial charge in [-0.15, -0.1) is 0 Å². The van der Waals surface area contributed by atoms with E-state index in [2.05, 4.69) is 5.32 Å². The smallest absolute Gasteiger partial charge is 0.271 e. The van der Waals surface area contributed by atoms with Crippen molar-refractivity contribution in [2.75, 3.05) is 5.32 Å². The zero-order chi connectivity index (χ0) is 14.4. The molecule has 8 heteroatoms. The predicted molar refractivity (Wildman–Crippen MR) is 60.0 cm³/mol. The van der Waals surface area contributed by atoms with E-state index in [1.54, 1.807) is 0 Å². The number of aliphatic carboxylic acids is 1. The molecule has 0 heterocycles. The third-order valence-electron chi connectivity index (χ3n) is 2.23. The first-order chi connectivity index (χ1) is 8.90. The summed E-state index contributed by atoms with van der Waals surface area (Å²) in [7, 11) is 0. The molecule has 0 atom stereocenters. The van der Waals surface area contributed by atoms with Gasteiger partial charge in [0.15, 0.2) is 0 Å². The molecule has 1 aromatic rings. The summed E-state index contributed by atoms with van der Waals surface area (Å²) in [6.45, 7) is 0. The normalized spacial score (nSPS) is 9.89. The van der Waals surface area contributed by atoms with Gasteiger partial charge in [0.25, 0.3) is 5.69 Å². The summed E-state index contributed by atoms with van der Waals surface area (Å²) >= 11 is 0. The monoisotopic (exact) mass is 266 g/mol. The molecule has 8 nitrogen and oxygen atoms in total. The highest BCUT2D eigenvalue weighted by molar-refractivity contribution is 5.92. The van der Waals surface area contributed by atoms with Crippen LogP contribution in [-0.2, 0) is 9.59 Å². The maximum Gasteiger partial charge on any atom is 0.271 e. The number of anilines is 1. The molecule has 1 aromatic carbocycles. The van der Waals surface area contributed by atoms with Gasteiger partial charge in [-0.3, -0.25) is 14.9 Å². The number of carbonyl (C=O) groups is 2. The molecule has 0 aliphatic rings. The summed E-state index contributed by atoms with van der Waals surface area (Å²) in [4.78, 5) is 31.4. The summed E-state index contributed by atoms with van der Waals surface area (Å²) in [5.41, 5.74) is -0.516. The molecule has 0 aromatic heterocycles. The molecule has 0 aliphatic heterocycles. The van der Waals surface area contributed by atoms with Crippen molar-refractivity contribution in [3.8, 4) is 5.75 Å². The Bertz CT molecular complexity index is 514. The van der Waals surface area contributed by atoms with Crippen molar-refractivity contribution in [1.82, 2.24) is 0 Å². The van der Waals surface area contributed by atoms with Crippen molar-refractivity contribution in [3.05, 3.63) is 28.3 Å². The largest absolute Gasteiger partial charge is 0.871 e. The number of carbonyl (C=O) groups excluding carboxylic acids is 2. The van der Waals surface area contributed by atoms with Crippen LogP contribution in [-0.4, -0.2) is 16.8 Å². The molecule has 0 saturated carbocycles. The Morgan fingerprint density at radius 1 is 1.26 bits per heavy atom. The molecular weight excluding hydrogens is 256 g/mol. The van der Waals surface area contributed by atoms with Crippen molar-refractivity contribution in [2.24, 2.45) is 0 Å². The lowest BCUT2D eigenvalue weighted by molar-refractivity contribution is -0.385. The van der Waals surface area contributed by atoms with Crippen molar-refractivity contribution in [2.45, 2.75) is 19.3 Å². The van der Waals surface area contributed by atoms with Gasteiger partial charge >= 0.3 is 0 Å². The molecule has 0 aliphatic carbocycles. The van der Waals surface area contributed by atoms with E-state index < -0.39 is 22.5 Å². The van der Waals surface area contributed by atoms with E-state index in [-0.39, 0.29) is 30.6 Å². The van der Waals surface area contributed by atoms with Crippen LogP contribution < -0.4 is 15.5 Å². The lowest BCUT2D eigenvalue weighted by Crippen LogP contribution is -2.22. The number of nitro groups is 1. The van der Waals surface area contributed by atoms with Crippen molar-refractivity contribution in [3.63, 3.8) is 0 Å². The van der Waals surface area contributed by atoms with Crippen LogP contribution in [0, 0.1) is 10.1 Å². The van der Waals surface area contributed by atoms with Gasteiger partial charge in [0.05, 0.1) is 4.92 Å². The second-order valence-corrected chi connectivity index (χ2v) is 3.71. The van der Waals surface area contributed by atoms with Crippen LogP contribution >= 0.6 is 0 Å². The number of hydrogen-bond donors (Lipinski definition) is 1. The van der Waals surface area contributed by atoms with Crippen LogP contribution in [0.5, 0.6) is 5.75 Å². The highest BCUT2D eigenvalue weighted by Gasteiger charge is 2.09. The maximum absolute atomic E-state index is 11.4. The fourth-order valence-electron chi connectivity index (χ4n) is 1.34. The summed E-state index contributed by atoms with van der Waals surface area (Å²) in [5, 5.41) is 34.2. The van der Waals surface area contributed by atoms with Crippen molar-refractivity contribution >= 4 is 23.3 Å². The Morgan fingerprint density at radius 3 is 2.53 bits per heavy atom. The number of rotatable bonds is 6. The van der Waals surface area contributed by atoms with E-state index in [1.165, 1.54) is 0 Å². The quantitative estimate of drug-likeness (QED) is 0.546. The number of nitrogens with one attached hydrogen (secondary N) is 1. The Balaban J connectivity index is 2.65. The number of non-ortho nitro benzene ring substituents is 1. The highest BCUT2D eigenvalue weighted by atomic mass is 16.6. The topological polar surface area (TPSA) is 135 Å². The van der Waals surface area contributed by atoms with E-state index in [1.807, 2.05) is 0 Å². The number of carboxylic acids is 1. The molecule has 0 radical (unpaired) electrons. The molecule has 0 spiro atoms. The fraction of sp³-hybridized carbons (Fsp3) is 0.273. The Kier molecular flexibility index (Phi) is 4.81. The lowest BCUT2D eigenvalue weighted by Gasteiger charge is -2.13. The Morgan fingerprint density at radius 2 is 1.95 bits per heavy atom. The number of nitrogens with zero attached hydrogens (tertiary/aromatic N) is 1. The van der Waals surface area contributed by atoms with E-state index in [4.69, 9.17) is 0 Å². The van der Waals surface area contributed by atoms with E-state index in [0.717, 1.165) is 18.2 Å². The second-order valence-electron chi connectivity index (χ2n) is 3.71. The van der Waals surface area contributed by atoms with Gasteiger partial charge in [0.2, 0.25) is 5.91 Å². The zero-order valence-corrected chi connectivity index (χ0v) is 9.75. The first kappa shape index (κ1) is 14.4. The fourth-order valence-corrected chi connectivity index (χ4v) is 1.34. The van der Waals surface area contributed by atoms with Crippen molar-refractivity contribution < 1.29 is 24.7 Å². The van der Waals surface area contributed by atoms with Crippen LogP contribution in [0.1, 0.15) is 19.3 Å². The first-order valence-corrected chi connectivity index (χ1v) is 5.35. The lowest BCUT2D eigenvalue weighted by atomic mass is 10.2. The molecule has 0 bridgehead atoms. The molecule has 0 saturated heterocycles. The Hall–Kier alpha value is -2.64. The number of amides is 1. The third kappa shape index (κ3) is 4.62. The average Bonchev–Trinajstić information content (AvgIpc) is 2.31. The summed E-state index contributed by atoms with van der Waals surface area (Å²) in [6.07, 6.45) is -0.319. The van der Waals surface area contributed by atoms with Crippen LogP contribution in [0.2, 0.25) is 0 Å². The number of carboxylic acid groups (broad SMARTS) is 1. The highest BCUT2D eigenvalue weighted by Crippen LogP contribution is 2.25. The van der Waals surface area contributed by atoms with Gasteiger partial charge in [-0.1, -0.05) is 11.8 Å². The molecule has 1 rings (SSSR count). The maximum atomic E-state index is 11.4. The van der Waals surface area contributed by atoms with Gasteiger partial charge in [-0.25, -0.2) is 0 Å². The standard InChI is InChI=1S/C11H12N2O6/c14-9-5-4-7(13(18)19)6-8(9)12-10(15)2-1-3-11(16)17/h4-6,14H,1-3H2,(H,12,15)(H,16,17)/p-2. The van der Waals surface area contributed by atoms with Crippen LogP contribution in [0.25, 0.3) is 0 Å². The van der Waals surface area contributed by atoms with Crippen LogP contribution in [0.4, 0.5) is 11.4 Å². The first-order valence-electron chi connectivity index (χ1n) is 5.35. The number of nitro benzene ring substituents is 1. The molecule has 19 heavy (non-hydrogen) atoms. The second kappa shape index (κ2) is 6.34. The molecule has 102 valence electrons. The van der Waals surface area contributed by atoms with E-state index in [9.17, 15) is 29.9 Å². The number of hydrogen-bond acceptors (Lipinski definition) is 6. The zero-order valence-electron chi connectivity index (χ0n) is 9.75. The van der Waals surface area contributed by atoms with Crippen LogP contribution in [0.15, 0.2) is 18.2 Å². The number of benzene rings is 1. The summed E-state index contributed by atoms with van der Waals surface area (Å²) in [5.74, 6) is -2.41. The van der Waals surface area contributed by atoms with Crippen LogP contribution in [0.3, 0.4) is 0 Å². The minimum Gasteiger partial charge on any atom is -0.871 e. The molecule has 1 N–H and O–H groups in total. The van der Waals surface area contributed by atoms with Crippen molar-refractivity contribution in [1.29, 1.82) is 0 Å². The Labute approximate surface area is 107 Å². The van der Waals surface area contributed by atoms with E-state index in [0.29, 0.717) is 0 Å². The molecule has 1 amide bonds. The van der Waals surface area contributed by atoms with Gasteiger partial charge in [-0.2, -0.15) is 0 Å². The molecule has 0 unspecified atom stereocenters. The molecular formula is C11H10N2O6-2. The van der Waals surface area contributed by atoms with Gasteiger partial charge in [0, 0.05) is 30.2 Å². The molecule has 0 fully saturated rings. The summed E-state index contributed by atoms with van der Waals surface area (Å²) in [6, 6.07) is 2.97. The third-order valence-corrected chi connectivity index (χ3v) is 2.23. The van der Waals surface area contributed by atoms with Gasteiger partial charge in [0.1, 0.15) is 0 Å². The minimum atomic E-state index is -1.27. The SMILES string of the molecule is O=C([O-])CCCC(=O)Nc1cc([N+](=O)[O-])ccc1[O-]. The van der Waals surface area contributed by atoms with Gasteiger partial charge < -0.3 is 20.3 Å².